The van der Waals surface area contributed by atoms with E-state index >= 15 is 0 Å². The number of ether oxygens (including phenoxy) is 1. The summed E-state index contributed by atoms with van der Waals surface area (Å²) in [6, 6.07) is 7.94. The van der Waals surface area contributed by atoms with Crippen LogP contribution in [0, 0.1) is 5.92 Å². The topological polar surface area (TPSA) is 93.4 Å². The molecule has 208 valence electrons. The molecule has 0 saturated carbocycles. The number of nitrogens with one attached hydrogen (secondary N) is 2. The number of fused-ring (bicyclic) bond motifs is 1. The molecular formula is C29H38ClN6O2P. The summed E-state index contributed by atoms with van der Waals surface area (Å²) < 4.78 is 7.04. The number of rotatable bonds is 7. The van der Waals surface area contributed by atoms with E-state index in [1.54, 1.807) is 7.11 Å². The maximum atomic E-state index is 14.1. The second-order valence-electron chi connectivity index (χ2n) is 10.6. The summed E-state index contributed by atoms with van der Waals surface area (Å²) >= 11 is 6.80. The maximum absolute atomic E-state index is 14.1. The minimum Gasteiger partial charge on any atom is -0.484 e. The Hall–Kier alpha value is -2.54. The summed E-state index contributed by atoms with van der Waals surface area (Å²) in [6.07, 6.45) is 8.82. The molecule has 0 amide bonds. The maximum Gasteiger partial charge on any atom is 0.260 e. The lowest BCUT2D eigenvalue weighted by Crippen LogP contribution is -2.35. The van der Waals surface area contributed by atoms with Crippen LogP contribution < -0.4 is 16.2 Å². The second-order valence-corrected chi connectivity index (χ2v) is 12.5. The quantitative estimate of drug-likeness (QED) is 0.222. The molecule has 3 aromatic rings. The number of halogens is 1. The van der Waals surface area contributed by atoms with Gasteiger partial charge in [0.05, 0.1) is 13.2 Å². The summed E-state index contributed by atoms with van der Waals surface area (Å²) in [5.41, 5.74) is 2.82. The Labute approximate surface area is 236 Å². The first kappa shape index (κ1) is 28.0. The zero-order valence-electron chi connectivity index (χ0n) is 23.0. The number of aromatic nitrogens is 3. The highest BCUT2D eigenvalue weighted by Gasteiger charge is 2.21. The van der Waals surface area contributed by atoms with Crippen molar-refractivity contribution < 1.29 is 4.74 Å². The number of hydrogen-bond acceptors (Lipinski definition) is 7. The van der Waals surface area contributed by atoms with E-state index in [-0.39, 0.29) is 11.6 Å². The SMILES string of the molecule is COC(C)=NC(C)c1ccc(-c2cc3cnc(NC4CCPCC4)nc3n(CC3CCCNC3)c2=O)c(Cl)c1. The fourth-order valence-corrected chi connectivity index (χ4v) is 7.13. The normalized spacial score (nSPS) is 21.7. The van der Waals surface area contributed by atoms with E-state index in [9.17, 15) is 4.79 Å². The molecule has 2 fully saturated rings. The molecule has 0 aliphatic carbocycles. The van der Waals surface area contributed by atoms with E-state index in [0.29, 0.717) is 52.1 Å². The van der Waals surface area contributed by atoms with E-state index in [4.69, 9.17) is 21.3 Å². The van der Waals surface area contributed by atoms with Crippen molar-refractivity contribution >= 4 is 43.1 Å². The molecule has 0 bridgehead atoms. The number of nitrogens with zero attached hydrogens (tertiary/aromatic N) is 4. The highest BCUT2D eigenvalue weighted by molar-refractivity contribution is 7.38. The molecule has 2 atom stereocenters. The van der Waals surface area contributed by atoms with Crippen LogP contribution >= 0.6 is 20.2 Å². The lowest BCUT2D eigenvalue weighted by atomic mass is 9.98. The molecule has 4 heterocycles. The molecule has 0 radical (unpaired) electrons. The fraction of sp³-hybridized carbons (Fsp3) is 0.517. The summed E-state index contributed by atoms with van der Waals surface area (Å²) in [6.45, 7) is 6.34. The number of anilines is 1. The molecule has 2 unspecified atom stereocenters. The monoisotopic (exact) mass is 568 g/mol. The Morgan fingerprint density at radius 1 is 1.28 bits per heavy atom. The predicted molar refractivity (Wildman–Crippen MR) is 163 cm³/mol. The zero-order chi connectivity index (χ0) is 27.4. The van der Waals surface area contributed by atoms with Gasteiger partial charge in [0, 0.05) is 47.2 Å². The molecule has 2 aliphatic heterocycles. The standard InChI is InChI=1S/C29H38ClN6O2P/c1-18(33-19(2)38-3)21-6-7-24(26(30)14-21)25-13-22-16-32-29(34-23-8-11-39-12-9-23)35-27(22)36(28(25)37)17-20-5-4-10-31-15-20/h6-7,13-14,16,18,20,23,31,39H,4-5,8-12,15,17H2,1-3H3,(H,32,34,35). The summed E-state index contributed by atoms with van der Waals surface area (Å²) in [5.74, 6) is 1.57. The minimum atomic E-state index is -0.118. The number of benzene rings is 1. The van der Waals surface area contributed by atoms with Crippen molar-refractivity contribution in [3.05, 3.63) is 51.4 Å². The van der Waals surface area contributed by atoms with Gasteiger partial charge in [-0.1, -0.05) is 23.7 Å². The number of hydrogen-bond donors (Lipinski definition) is 2. The van der Waals surface area contributed by atoms with Crippen molar-refractivity contribution in [3.63, 3.8) is 0 Å². The smallest absolute Gasteiger partial charge is 0.260 e. The van der Waals surface area contributed by atoms with E-state index < -0.39 is 0 Å². The van der Waals surface area contributed by atoms with E-state index in [1.165, 1.54) is 12.3 Å². The van der Waals surface area contributed by atoms with Gasteiger partial charge in [-0.25, -0.2) is 9.98 Å². The number of piperidine rings is 1. The Morgan fingerprint density at radius 2 is 2.10 bits per heavy atom. The molecule has 2 aliphatic rings. The number of pyridine rings is 1. The van der Waals surface area contributed by atoms with Crippen LogP contribution in [0.15, 0.2) is 40.2 Å². The van der Waals surface area contributed by atoms with Gasteiger partial charge >= 0.3 is 0 Å². The Balaban J connectivity index is 1.55. The zero-order valence-corrected chi connectivity index (χ0v) is 24.7. The highest BCUT2D eigenvalue weighted by Crippen LogP contribution is 2.32. The third-order valence-electron chi connectivity index (χ3n) is 7.78. The molecule has 5 rings (SSSR count). The van der Waals surface area contributed by atoms with Gasteiger partial charge in [-0.15, -0.1) is 8.58 Å². The van der Waals surface area contributed by atoms with Crippen molar-refractivity contribution in [2.24, 2.45) is 10.9 Å². The molecule has 2 aromatic heterocycles. The lowest BCUT2D eigenvalue weighted by molar-refractivity contribution is 0.337. The van der Waals surface area contributed by atoms with Crippen LogP contribution in [0.2, 0.25) is 5.02 Å². The molecule has 8 nitrogen and oxygen atoms in total. The van der Waals surface area contributed by atoms with E-state index in [0.717, 1.165) is 58.3 Å². The van der Waals surface area contributed by atoms with Crippen molar-refractivity contribution in [2.45, 2.75) is 58.2 Å². The molecule has 2 N–H and O–H groups in total. The second kappa shape index (κ2) is 12.8. The number of methoxy groups -OCH3 is 1. The van der Waals surface area contributed by atoms with Crippen LogP contribution in [0.25, 0.3) is 22.2 Å². The van der Waals surface area contributed by atoms with Gasteiger partial charge in [-0.05, 0) is 81.6 Å². The third kappa shape index (κ3) is 6.62. The Bertz CT molecular complexity index is 1400. The largest absolute Gasteiger partial charge is 0.484 e. The van der Waals surface area contributed by atoms with Crippen LogP contribution in [0.5, 0.6) is 0 Å². The summed E-state index contributed by atoms with van der Waals surface area (Å²) in [4.78, 5) is 28.1. The molecule has 0 spiro atoms. The van der Waals surface area contributed by atoms with Crippen molar-refractivity contribution in [3.8, 4) is 11.1 Å². The van der Waals surface area contributed by atoms with E-state index in [2.05, 4.69) is 20.6 Å². The van der Waals surface area contributed by atoms with Gasteiger partial charge in [0.15, 0.2) is 5.90 Å². The van der Waals surface area contributed by atoms with Crippen LogP contribution in [0.1, 0.15) is 51.1 Å². The fourth-order valence-electron chi connectivity index (χ4n) is 5.49. The summed E-state index contributed by atoms with van der Waals surface area (Å²) in [7, 11) is 2.66. The predicted octanol–water partition coefficient (Wildman–Crippen LogP) is 5.49. The van der Waals surface area contributed by atoms with Gasteiger partial charge in [0.2, 0.25) is 5.95 Å². The molecule has 10 heteroatoms. The van der Waals surface area contributed by atoms with Crippen LogP contribution in [-0.2, 0) is 11.3 Å². The molecule has 1 aromatic carbocycles. The summed E-state index contributed by atoms with van der Waals surface area (Å²) in [5, 5.41) is 8.35. The average Bonchev–Trinajstić information content (AvgIpc) is 2.95. The minimum absolute atomic E-state index is 0.0764. The lowest BCUT2D eigenvalue weighted by Gasteiger charge is -2.25. The first-order chi connectivity index (χ1) is 18.9. The van der Waals surface area contributed by atoms with Gasteiger partial charge < -0.3 is 15.4 Å². The average molecular weight is 569 g/mol. The molecular weight excluding hydrogens is 531 g/mol. The van der Waals surface area contributed by atoms with Gasteiger partial charge in [0.25, 0.3) is 5.56 Å². The Kier molecular flexibility index (Phi) is 9.16. The number of aliphatic imine (C=N–C) groups is 1. The van der Waals surface area contributed by atoms with Crippen molar-refractivity contribution in [2.75, 3.05) is 37.8 Å². The first-order valence-corrected chi connectivity index (χ1v) is 15.7. The molecule has 2 saturated heterocycles. The van der Waals surface area contributed by atoms with Gasteiger partial charge in [-0.3, -0.25) is 9.36 Å². The van der Waals surface area contributed by atoms with Crippen LogP contribution in [-0.4, -0.2) is 59.0 Å². The van der Waals surface area contributed by atoms with Gasteiger partial charge in [0.1, 0.15) is 5.65 Å². The first-order valence-electron chi connectivity index (χ1n) is 13.9. The third-order valence-corrected chi connectivity index (χ3v) is 9.37. The molecule has 39 heavy (non-hydrogen) atoms. The highest BCUT2D eigenvalue weighted by atomic mass is 35.5. The van der Waals surface area contributed by atoms with Crippen LogP contribution in [0.4, 0.5) is 5.95 Å². The van der Waals surface area contributed by atoms with Crippen molar-refractivity contribution in [1.29, 1.82) is 0 Å². The van der Waals surface area contributed by atoms with Gasteiger partial charge in [-0.2, -0.15) is 4.98 Å². The Morgan fingerprint density at radius 3 is 2.82 bits per heavy atom. The van der Waals surface area contributed by atoms with Crippen LogP contribution in [0.3, 0.4) is 0 Å². The van der Waals surface area contributed by atoms with Crippen molar-refractivity contribution in [1.82, 2.24) is 19.9 Å². The van der Waals surface area contributed by atoms with E-state index in [1.807, 2.05) is 48.9 Å².